The second-order valence-electron chi connectivity index (χ2n) is 8.21. The summed E-state index contributed by atoms with van der Waals surface area (Å²) in [7, 11) is 0. The minimum absolute atomic E-state index is 0.0742. The smallest absolute Gasteiger partial charge is 0.326 e. The number of carboxylic acids is 1. The number of nitrogens with one attached hydrogen (secondary N) is 4. The molecule has 0 saturated carbocycles. The number of carboxylic acid groups (broad SMARTS) is 1. The Bertz CT molecular complexity index is 984. The molecule has 4 atom stereocenters. The summed E-state index contributed by atoms with van der Waals surface area (Å²) >= 11 is 0. The summed E-state index contributed by atoms with van der Waals surface area (Å²) in [5.41, 5.74) is 7.16. The lowest BCUT2D eigenvalue weighted by Gasteiger charge is -2.25. The number of aromatic nitrogens is 1. The highest BCUT2D eigenvalue weighted by molar-refractivity contribution is 5.94. The number of amides is 3. The van der Waals surface area contributed by atoms with Gasteiger partial charge in [-0.05, 0) is 31.4 Å². The lowest BCUT2D eigenvalue weighted by atomic mass is 10.0. The molecule has 0 aliphatic rings. The third kappa shape index (κ3) is 6.30. The Morgan fingerprint density at radius 3 is 2.22 bits per heavy atom. The number of para-hydroxylation sites is 1. The topological polar surface area (TPSA) is 166 Å². The summed E-state index contributed by atoms with van der Waals surface area (Å²) in [5.74, 6) is -3.12. The molecule has 1 aromatic heterocycles. The van der Waals surface area contributed by atoms with Gasteiger partial charge in [0.2, 0.25) is 17.7 Å². The normalized spacial score (nSPS) is 14.9. The van der Waals surface area contributed by atoms with E-state index in [1.807, 2.05) is 24.3 Å². The zero-order chi connectivity index (χ0) is 24.0. The van der Waals surface area contributed by atoms with E-state index in [0.29, 0.717) is 0 Å². The molecule has 4 unspecified atom stereocenters. The van der Waals surface area contributed by atoms with E-state index < -0.39 is 47.9 Å². The Morgan fingerprint density at radius 2 is 1.62 bits per heavy atom. The Labute approximate surface area is 186 Å². The number of rotatable bonds is 10. The van der Waals surface area contributed by atoms with Crippen molar-refractivity contribution < 1.29 is 24.3 Å². The van der Waals surface area contributed by atoms with Crippen LogP contribution >= 0.6 is 0 Å². The fourth-order valence-corrected chi connectivity index (χ4v) is 3.21. The van der Waals surface area contributed by atoms with Crippen molar-refractivity contribution >= 4 is 34.6 Å². The zero-order valence-electron chi connectivity index (χ0n) is 18.6. The van der Waals surface area contributed by atoms with Crippen molar-refractivity contribution in [2.45, 2.75) is 58.3 Å². The Hall–Kier alpha value is -3.40. The molecule has 0 bridgehead atoms. The standard InChI is InChI=1S/C22H31N5O5/c1-11(2)18(27-19(28)12(3)23)21(30)25-13(4)20(29)26-17(22(31)32)9-14-10-24-16-8-6-5-7-15(14)16/h5-8,10-13,17-18,24H,9,23H2,1-4H3,(H,25,30)(H,26,29)(H,27,28)(H,31,32). The van der Waals surface area contributed by atoms with Crippen LogP contribution in [0.5, 0.6) is 0 Å². The van der Waals surface area contributed by atoms with Gasteiger partial charge < -0.3 is 31.8 Å². The minimum atomic E-state index is -1.19. The van der Waals surface area contributed by atoms with E-state index in [-0.39, 0.29) is 12.3 Å². The highest BCUT2D eigenvalue weighted by Gasteiger charge is 2.29. The average Bonchev–Trinajstić information content (AvgIpc) is 3.13. The number of H-pyrrole nitrogens is 1. The molecule has 3 amide bonds. The first-order valence-electron chi connectivity index (χ1n) is 10.5. The van der Waals surface area contributed by atoms with Crippen molar-refractivity contribution in [2.24, 2.45) is 11.7 Å². The van der Waals surface area contributed by atoms with Crippen LogP contribution in [0, 0.1) is 5.92 Å². The van der Waals surface area contributed by atoms with E-state index >= 15 is 0 Å². The number of carbonyl (C=O) groups is 4. The molecule has 1 heterocycles. The summed E-state index contributed by atoms with van der Waals surface area (Å²) < 4.78 is 0. The Kier molecular flexibility index (Phi) is 8.36. The molecule has 1 aromatic carbocycles. The van der Waals surface area contributed by atoms with Crippen LogP contribution in [0.1, 0.15) is 33.3 Å². The molecule has 2 aromatic rings. The highest BCUT2D eigenvalue weighted by atomic mass is 16.4. The third-order valence-electron chi connectivity index (χ3n) is 5.13. The third-order valence-corrected chi connectivity index (χ3v) is 5.13. The number of hydrogen-bond donors (Lipinski definition) is 6. The van der Waals surface area contributed by atoms with E-state index in [1.165, 1.54) is 13.8 Å². The van der Waals surface area contributed by atoms with Crippen LogP contribution in [-0.2, 0) is 25.6 Å². The van der Waals surface area contributed by atoms with Crippen LogP contribution in [0.4, 0.5) is 0 Å². The van der Waals surface area contributed by atoms with Crippen molar-refractivity contribution in [1.82, 2.24) is 20.9 Å². The molecule has 10 heteroatoms. The van der Waals surface area contributed by atoms with Gasteiger partial charge in [0, 0.05) is 23.5 Å². The van der Waals surface area contributed by atoms with Crippen LogP contribution in [0.25, 0.3) is 10.9 Å². The molecule has 0 radical (unpaired) electrons. The summed E-state index contributed by atoms with van der Waals surface area (Å²) in [4.78, 5) is 51.9. The van der Waals surface area contributed by atoms with Crippen LogP contribution < -0.4 is 21.7 Å². The van der Waals surface area contributed by atoms with Gasteiger partial charge in [0.25, 0.3) is 0 Å². The van der Waals surface area contributed by atoms with E-state index in [2.05, 4.69) is 20.9 Å². The van der Waals surface area contributed by atoms with Crippen LogP contribution in [0.3, 0.4) is 0 Å². The average molecular weight is 446 g/mol. The van der Waals surface area contributed by atoms with Gasteiger partial charge in [-0.2, -0.15) is 0 Å². The predicted molar refractivity (Wildman–Crippen MR) is 120 cm³/mol. The molecule has 7 N–H and O–H groups in total. The van der Waals surface area contributed by atoms with Crippen LogP contribution in [-0.4, -0.2) is 57.9 Å². The molecular weight excluding hydrogens is 414 g/mol. The van der Waals surface area contributed by atoms with Crippen LogP contribution in [0.15, 0.2) is 30.5 Å². The summed E-state index contributed by atoms with van der Waals surface area (Å²) in [6, 6.07) is 3.59. The fraction of sp³-hybridized carbons (Fsp3) is 0.455. The van der Waals surface area contributed by atoms with Crippen molar-refractivity contribution in [3.8, 4) is 0 Å². The molecule has 2 rings (SSSR count). The van der Waals surface area contributed by atoms with Crippen molar-refractivity contribution in [1.29, 1.82) is 0 Å². The van der Waals surface area contributed by atoms with Gasteiger partial charge in [0.05, 0.1) is 6.04 Å². The zero-order valence-corrected chi connectivity index (χ0v) is 18.6. The molecule has 0 aliphatic carbocycles. The molecule has 0 spiro atoms. The number of nitrogens with two attached hydrogens (primary N) is 1. The lowest BCUT2D eigenvalue weighted by molar-refractivity contribution is -0.142. The molecule has 10 nitrogen and oxygen atoms in total. The first kappa shape index (κ1) is 24.9. The summed E-state index contributed by atoms with van der Waals surface area (Å²) in [6.07, 6.45) is 1.79. The van der Waals surface area contributed by atoms with E-state index in [1.54, 1.807) is 20.0 Å². The largest absolute Gasteiger partial charge is 0.480 e. The maximum absolute atomic E-state index is 12.6. The monoisotopic (exact) mass is 445 g/mol. The number of fused-ring (bicyclic) bond motifs is 1. The quantitative estimate of drug-likeness (QED) is 0.307. The number of carbonyl (C=O) groups excluding carboxylic acids is 3. The van der Waals surface area contributed by atoms with Gasteiger partial charge in [-0.15, -0.1) is 0 Å². The van der Waals surface area contributed by atoms with Gasteiger partial charge in [-0.3, -0.25) is 14.4 Å². The molecule has 0 saturated heterocycles. The van der Waals surface area contributed by atoms with E-state index in [4.69, 9.17) is 5.73 Å². The molecule has 32 heavy (non-hydrogen) atoms. The van der Waals surface area contributed by atoms with Gasteiger partial charge in [-0.1, -0.05) is 32.0 Å². The first-order valence-corrected chi connectivity index (χ1v) is 10.5. The van der Waals surface area contributed by atoms with E-state index in [9.17, 15) is 24.3 Å². The van der Waals surface area contributed by atoms with Crippen LogP contribution in [0.2, 0.25) is 0 Å². The van der Waals surface area contributed by atoms with Crippen molar-refractivity contribution in [3.05, 3.63) is 36.0 Å². The molecule has 0 aliphatic heterocycles. The first-order chi connectivity index (χ1) is 15.0. The number of aliphatic carboxylic acids is 1. The van der Waals surface area contributed by atoms with Gasteiger partial charge >= 0.3 is 5.97 Å². The van der Waals surface area contributed by atoms with E-state index in [0.717, 1.165) is 16.5 Å². The Balaban J connectivity index is 2.03. The Morgan fingerprint density at radius 1 is 0.969 bits per heavy atom. The van der Waals surface area contributed by atoms with Gasteiger partial charge in [0.15, 0.2) is 0 Å². The SMILES string of the molecule is CC(N)C(=O)NC(C(=O)NC(C)C(=O)NC(Cc1c[nH]c2ccccc12)C(=O)O)C(C)C. The number of hydrogen-bond acceptors (Lipinski definition) is 5. The predicted octanol–water partition coefficient (Wildman–Crippen LogP) is 0.273. The number of aromatic amines is 1. The number of benzene rings is 1. The highest BCUT2D eigenvalue weighted by Crippen LogP contribution is 2.19. The maximum Gasteiger partial charge on any atom is 0.326 e. The fourth-order valence-electron chi connectivity index (χ4n) is 3.21. The summed E-state index contributed by atoms with van der Waals surface area (Å²) in [5, 5.41) is 18.0. The molecule has 0 fully saturated rings. The summed E-state index contributed by atoms with van der Waals surface area (Å²) in [6.45, 7) is 6.44. The second-order valence-corrected chi connectivity index (χ2v) is 8.21. The van der Waals surface area contributed by atoms with Crippen molar-refractivity contribution in [3.63, 3.8) is 0 Å². The molecular formula is C22H31N5O5. The van der Waals surface area contributed by atoms with Gasteiger partial charge in [0.1, 0.15) is 18.1 Å². The second kappa shape index (κ2) is 10.8. The van der Waals surface area contributed by atoms with Gasteiger partial charge in [-0.25, -0.2) is 4.79 Å². The van der Waals surface area contributed by atoms with Crippen molar-refractivity contribution in [2.75, 3.05) is 0 Å². The maximum atomic E-state index is 12.6. The molecule has 174 valence electrons. The lowest BCUT2D eigenvalue weighted by Crippen LogP contribution is -2.57. The minimum Gasteiger partial charge on any atom is -0.480 e.